The first-order valence-corrected chi connectivity index (χ1v) is 5.28. The van der Waals surface area contributed by atoms with Crippen molar-refractivity contribution in [2.24, 2.45) is 0 Å². The molecule has 0 aromatic carbocycles. The Morgan fingerprint density at radius 3 is 1.86 bits per heavy atom. The lowest BCUT2D eigenvalue weighted by Crippen LogP contribution is -1.85. The number of hydrogen-bond donors (Lipinski definition) is 2. The van der Waals surface area contributed by atoms with Gasteiger partial charge in [0.15, 0.2) is 0 Å². The van der Waals surface area contributed by atoms with E-state index in [0.29, 0.717) is 0 Å². The van der Waals surface area contributed by atoms with Gasteiger partial charge < -0.3 is 10.2 Å². The standard InChI is InChI=1S/C8H17FO.C2H6O2/c1-2-3-4-5-6-7-8-10-9;3-1-2-4/h2-8H2,1H3;3-4H,1-2H2. The van der Waals surface area contributed by atoms with Crippen LogP contribution in [0.25, 0.3) is 0 Å². The Bertz CT molecular complexity index is 71.8. The highest BCUT2D eigenvalue weighted by atomic mass is 19.3. The Labute approximate surface area is 85.8 Å². The highest BCUT2D eigenvalue weighted by Crippen LogP contribution is 2.04. The van der Waals surface area contributed by atoms with Gasteiger partial charge in [-0.3, -0.25) is 0 Å². The van der Waals surface area contributed by atoms with Gasteiger partial charge in [-0.1, -0.05) is 39.0 Å². The minimum absolute atomic E-state index is 0.125. The summed E-state index contributed by atoms with van der Waals surface area (Å²) < 4.78 is 11.1. The first-order valence-electron chi connectivity index (χ1n) is 5.28. The Kier molecular flexibility index (Phi) is 21.5. The van der Waals surface area contributed by atoms with Crippen molar-refractivity contribution in [3.8, 4) is 0 Å². The van der Waals surface area contributed by atoms with E-state index in [2.05, 4.69) is 11.9 Å². The summed E-state index contributed by atoms with van der Waals surface area (Å²) in [5, 5.41) is 15.2. The summed E-state index contributed by atoms with van der Waals surface area (Å²) in [5.74, 6) is 0. The van der Waals surface area contributed by atoms with Crippen LogP contribution < -0.4 is 0 Å². The fourth-order valence-corrected chi connectivity index (χ4v) is 0.937. The van der Waals surface area contributed by atoms with Crippen molar-refractivity contribution in [1.29, 1.82) is 0 Å². The molecule has 0 aromatic heterocycles. The average molecular weight is 210 g/mol. The SMILES string of the molecule is CCCCCCCCOF.OCCO. The van der Waals surface area contributed by atoms with E-state index in [1.165, 1.54) is 25.7 Å². The van der Waals surface area contributed by atoms with Crippen molar-refractivity contribution < 1.29 is 19.7 Å². The van der Waals surface area contributed by atoms with Crippen LogP contribution >= 0.6 is 0 Å². The van der Waals surface area contributed by atoms with Crippen LogP contribution in [0.3, 0.4) is 0 Å². The van der Waals surface area contributed by atoms with Gasteiger partial charge in [-0.15, -0.1) is 0 Å². The summed E-state index contributed by atoms with van der Waals surface area (Å²) in [6.07, 6.45) is 7.03. The third-order valence-corrected chi connectivity index (χ3v) is 1.68. The average Bonchev–Trinajstić information content (AvgIpc) is 2.24. The van der Waals surface area contributed by atoms with Gasteiger partial charge in [0.2, 0.25) is 0 Å². The van der Waals surface area contributed by atoms with Gasteiger partial charge >= 0.3 is 0 Å². The van der Waals surface area contributed by atoms with Gasteiger partial charge in [0.05, 0.1) is 19.8 Å². The first-order chi connectivity index (χ1) is 6.83. The van der Waals surface area contributed by atoms with Crippen molar-refractivity contribution in [1.82, 2.24) is 0 Å². The molecule has 0 amide bonds. The van der Waals surface area contributed by atoms with E-state index in [9.17, 15) is 4.53 Å². The lowest BCUT2D eigenvalue weighted by atomic mass is 10.1. The molecule has 0 aromatic rings. The van der Waals surface area contributed by atoms with Crippen LogP contribution in [0.4, 0.5) is 4.53 Å². The zero-order valence-corrected chi connectivity index (χ0v) is 9.04. The van der Waals surface area contributed by atoms with E-state index < -0.39 is 0 Å². The first kappa shape index (κ1) is 16.2. The van der Waals surface area contributed by atoms with Crippen molar-refractivity contribution in [3.63, 3.8) is 0 Å². The van der Waals surface area contributed by atoms with Crippen LogP contribution in [0.2, 0.25) is 0 Å². The minimum Gasteiger partial charge on any atom is -0.394 e. The summed E-state index contributed by atoms with van der Waals surface area (Å²) in [7, 11) is 0. The summed E-state index contributed by atoms with van der Waals surface area (Å²) in [4.78, 5) is 3.45. The van der Waals surface area contributed by atoms with E-state index in [-0.39, 0.29) is 19.8 Å². The Morgan fingerprint density at radius 2 is 1.43 bits per heavy atom. The molecule has 0 aliphatic carbocycles. The molecule has 0 aliphatic rings. The molecule has 0 saturated heterocycles. The number of rotatable bonds is 8. The van der Waals surface area contributed by atoms with Gasteiger partial charge in [-0.2, -0.15) is 4.94 Å². The fraction of sp³-hybridized carbons (Fsp3) is 1.00. The largest absolute Gasteiger partial charge is 0.394 e. The maximum absolute atomic E-state index is 11.1. The zero-order chi connectivity index (χ0) is 11.1. The van der Waals surface area contributed by atoms with Gasteiger partial charge in [0, 0.05) is 0 Å². The zero-order valence-electron chi connectivity index (χ0n) is 9.04. The van der Waals surface area contributed by atoms with E-state index in [1.807, 2.05) is 0 Å². The number of unbranched alkanes of at least 4 members (excludes halogenated alkanes) is 5. The van der Waals surface area contributed by atoms with Crippen LogP contribution in [-0.2, 0) is 4.94 Å². The second-order valence-electron chi connectivity index (χ2n) is 3.03. The Morgan fingerprint density at radius 1 is 0.929 bits per heavy atom. The smallest absolute Gasteiger partial charge is 0.0876 e. The molecule has 14 heavy (non-hydrogen) atoms. The van der Waals surface area contributed by atoms with Crippen LogP contribution in [-0.4, -0.2) is 30.0 Å². The van der Waals surface area contributed by atoms with Crippen LogP contribution in [0.15, 0.2) is 0 Å². The molecule has 0 saturated carbocycles. The monoisotopic (exact) mass is 210 g/mol. The predicted molar refractivity (Wildman–Crippen MR) is 54.6 cm³/mol. The van der Waals surface area contributed by atoms with Gasteiger partial charge in [0.1, 0.15) is 0 Å². The van der Waals surface area contributed by atoms with Gasteiger partial charge in [0.25, 0.3) is 0 Å². The van der Waals surface area contributed by atoms with E-state index in [0.717, 1.165) is 12.8 Å². The van der Waals surface area contributed by atoms with Crippen molar-refractivity contribution in [2.45, 2.75) is 45.4 Å². The maximum atomic E-state index is 11.1. The molecule has 0 radical (unpaired) electrons. The quantitative estimate of drug-likeness (QED) is 0.604. The summed E-state index contributed by atoms with van der Waals surface area (Å²) in [5.41, 5.74) is 0. The lowest BCUT2D eigenvalue weighted by Gasteiger charge is -1.96. The molecule has 0 spiro atoms. The summed E-state index contributed by atoms with van der Waals surface area (Å²) in [6.45, 7) is 2.21. The van der Waals surface area contributed by atoms with Gasteiger partial charge in [-0.25, -0.2) is 0 Å². The molecule has 0 rings (SSSR count). The molecule has 3 nitrogen and oxygen atoms in total. The molecule has 88 valence electrons. The molecule has 0 atom stereocenters. The highest BCUT2D eigenvalue weighted by molar-refractivity contribution is 4.41. The molecular weight excluding hydrogens is 187 g/mol. The number of aliphatic hydroxyl groups is 2. The van der Waals surface area contributed by atoms with E-state index in [1.54, 1.807) is 0 Å². The Hall–Kier alpha value is -0.190. The maximum Gasteiger partial charge on any atom is 0.0876 e. The molecule has 2 N–H and O–H groups in total. The van der Waals surface area contributed by atoms with Gasteiger partial charge in [-0.05, 0) is 10.9 Å². The van der Waals surface area contributed by atoms with Crippen molar-refractivity contribution in [2.75, 3.05) is 19.8 Å². The van der Waals surface area contributed by atoms with E-state index >= 15 is 0 Å². The second kappa shape index (κ2) is 18.6. The normalized spacial score (nSPS) is 9.43. The van der Waals surface area contributed by atoms with Crippen molar-refractivity contribution >= 4 is 0 Å². The molecule has 0 heterocycles. The molecule has 0 aliphatic heterocycles. The molecule has 0 fully saturated rings. The number of hydrogen-bond acceptors (Lipinski definition) is 3. The highest BCUT2D eigenvalue weighted by Gasteiger charge is 1.88. The van der Waals surface area contributed by atoms with E-state index in [4.69, 9.17) is 10.2 Å². The number of halogens is 1. The molecule has 0 unspecified atom stereocenters. The topological polar surface area (TPSA) is 49.7 Å². The van der Waals surface area contributed by atoms with Crippen LogP contribution in [0, 0.1) is 0 Å². The predicted octanol–water partition coefficient (Wildman–Crippen LogP) is 2.22. The molecule has 4 heteroatoms. The van der Waals surface area contributed by atoms with Crippen LogP contribution in [0.5, 0.6) is 0 Å². The third-order valence-electron chi connectivity index (χ3n) is 1.68. The number of aliphatic hydroxyl groups excluding tert-OH is 2. The molecule has 0 bridgehead atoms. The molecular formula is C10H23FO3. The van der Waals surface area contributed by atoms with Crippen molar-refractivity contribution in [3.05, 3.63) is 0 Å². The third kappa shape index (κ3) is 22.6. The second-order valence-corrected chi connectivity index (χ2v) is 3.03. The minimum atomic E-state index is -0.125. The summed E-state index contributed by atoms with van der Waals surface area (Å²) in [6, 6.07) is 0. The Balaban J connectivity index is 0. The fourth-order valence-electron chi connectivity index (χ4n) is 0.937. The summed E-state index contributed by atoms with van der Waals surface area (Å²) >= 11 is 0. The lowest BCUT2D eigenvalue weighted by molar-refractivity contribution is -0.133. The van der Waals surface area contributed by atoms with Crippen LogP contribution in [0.1, 0.15) is 45.4 Å².